The third-order valence-corrected chi connectivity index (χ3v) is 4.29. The molecule has 1 aliphatic heterocycles. The van der Waals surface area contributed by atoms with E-state index < -0.39 is 0 Å². The van der Waals surface area contributed by atoms with E-state index in [0.29, 0.717) is 11.3 Å². The zero-order valence-electron chi connectivity index (χ0n) is 10.6. The molecule has 4 heteroatoms. The lowest BCUT2D eigenvalue weighted by molar-refractivity contribution is 0.642. The van der Waals surface area contributed by atoms with Crippen LogP contribution in [0.25, 0.3) is 0 Å². The first-order valence-electron chi connectivity index (χ1n) is 6.15. The second-order valence-corrected chi connectivity index (χ2v) is 6.90. The molecule has 0 aliphatic carbocycles. The standard InChI is InChI=1S/C13H21N3S/c1-13(2)10-16(7-8-17-13)12-4-3-11(5-6-14)9-15-12/h3-4,9H,5-8,10,14H2,1-2H3. The third kappa shape index (κ3) is 3.36. The van der Waals surface area contributed by atoms with Crippen molar-refractivity contribution >= 4 is 17.6 Å². The van der Waals surface area contributed by atoms with Crippen molar-refractivity contribution in [3.05, 3.63) is 23.9 Å². The minimum atomic E-state index is 0.329. The van der Waals surface area contributed by atoms with E-state index in [1.54, 1.807) is 0 Å². The highest BCUT2D eigenvalue weighted by atomic mass is 32.2. The molecule has 0 aromatic carbocycles. The summed E-state index contributed by atoms with van der Waals surface area (Å²) >= 11 is 2.04. The summed E-state index contributed by atoms with van der Waals surface area (Å²) in [5.41, 5.74) is 6.76. The summed E-state index contributed by atoms with van der Waals surface area (Å²) in [5.74, 6) is 2.28. The van der Waals surface area contributed by atoms with Crippen LogP contribution in [0, 0.1) is 0 Å². The molecule has 1 saturated heterocycles. The number of anilines is 1. The van der Waals surface area contributed by atoms with Crippen LogP contribution < -0.4 is 10.6 Å². The van der Waals surface area contributed by atoms with Crippen LogP contribution in [0.2, 0.25) is 0 Å². The van der Waals surface area contributed by atoms with Crippen LogP contribution in [0.4, 0.5) is 5.82 Å². The molecule has 0 saturated carbocycles. The van der Waals surface area contributed by atoms with Gasteiger partial charge in [0.1, 0.15) is 5.82 Å². The highest BCUT2D eigenvalue weighted by molar-refractivity contribution is 8.00. The van der Waals surface area contributed by atoms with Gasteiger partial charge in [0.05, 0.1) is 0 Å². The molecule has 17 heavy (non-hydrogen) atoms. The predicted molar refractivity (Wildman–Crippen MR) is 75.7 cm³/mol. The number of nitrogens with zero attached hydrogens (tertiary/aromatic N) is 2. The number of nitrogens with two attached hydrogens (primary N) is 1. The van der Waals surface area contributed by atoms with Gasteiger partial charge in [0.2, 0.25) is 0 Å². The summed E-state index contributed by atoms with van der Waals surface area (Å²) in [6, 6.07) is 4.26. The Hall–Kier alpha value is -0.740. The smallest absolute Gasteiger partial charge is 0.128 e. The number of hydrogen-bond donors (Lipinski definition) is 1. The zero-order valence-corrected chi connectivity index (χ0v) is 11.5. The van der Waals surface area contributed by atoms with Gasteiger partial charge in [-0.1, -0.05) is 6.07 Å². The Bertz CT molecular complexity index is 361. The molecule has 2 N–H and O–H groups in total. The SMILES string of the molecule is CC1(C)CN(c2ccc(CCN)cn2)CCS1. The average molecular weight is 251 g/mol. The Labute approximate surface area is 108 Å². The molecule has 0 unspecified atom stereocenters. The maximum atomic E-state index is 5.54. The van der Waals surface area contributed by atoms with Crippen molar-refractivity contribution in [2.24, 2.45) is 5.73 Å². The van der Waals surface area contributed by atoms with Gasteiger partial charge in [-0.3, -0.25) is 0 Å². The molecule has 2 heterocycles. The first-order chi connectivity index (χ1) is 8.11. The molecule has 2 rings (SSSR count). The molecule has 1 aliphatic rings. The fourth-order valence-electron chi connectivity index (χ4n) is 2.13. The van der Waals surface area contributed by atoms with E-state index in [2.05, 4.69) is 35.9 Å². The molecule has 94 valence electrons. The Morgan fingerprint density at radius 3 is 2.88 bits per heavy atom. The molecule has 0 spiro atoms. The summed E-state index contributed by atoms with van der Waals surface area (Å²) in [6.07, 6.45) is 2.87. The number of pyridine rings is 1. The quantitative estimate of drug-likeness (QED) is 0.891. The molecule has 0 bridgehead atoms. The highest BCUT2D eigenvalue weighted by Gasteiger charge is 2.27. The van der Waals surface area contributed by atoms with Crippen LogP contribution in [0.5, 0.6) is 0 Å². The summed E-state index contributed by atoms with van der Waals surface area (Å²) in [7, 11) is 0. The van der Waals surface area contributed by atoms with E-state index in [4.69, 9.17) is 5.73 Å². The van der Waals surface area contributed by atoms with Crippen molar-refractivity contribution in [2.75, 3.05) is 30.3 Å². The fraction of sp³-hybridized carbons (Fsp3) is 0.615. The zero-order chi connectivity index (χ0) is 12.3. The van der Waals surface area contributed by atoms with Crippen LogP contribution in [-0.4, -0.2) is 35.1 Å². The average Bonchev–Trinajstić information content (AvgIpc) is 2.29. The van der Waals surface area contributed by atoms with Crippen molar-refractivity contribution in [3.8, 4) is 0 Å². The van der Waals surface area contributed by atoms with Gasteiger partial charge in [-0.2, -0.15) is 11.8 Å². The topological polar surface area (TPSA) is 42.1 Å². The van der Waals surface area contributed by atoms with E-state index in [1.165, 1.54) is 11.3 Å². The van der Waals surface area contributed by atoms with Crippen LogP contribution in [0.3, 0.4) is 0 Å². The van der Waals surface area contributed by atoms with Crippen LogP contribution in [-0.2, 0) is 6.42 Å². The van der Waals surface area contributed by atoms with Gasteiger partial charge in [0.15, 0.2) is 0 Å². The Kier molecular flexibility index (Phi) is 3.94. The summed E-state index contributed by atoms with van der Waals surface area (Å²) in [5, 5.41) is 0. The molecule has 1 aromatic heterocycles. The molecule has 1 fully saturated rings. The van der Waals surface area contributed by atoms with Crippen LogP contribution >= 0.6 is 11.8 Å². The Balaban J connectivity index is 2.06. The van der Waals surface area contributed by atoms with Gasteiger partial charge in [-0.05, 0) is 38.4 Å². The molecule has 0 amide bonds. The second kappa shape index (κ2) is 5.27. The van der Waals surface area contributed by atoms with Gasteiger partial charge >= 0.3 is 0 Å². The van der Waals surface area contributed by atoms with Crippen LogP contribution in [0.15, 0.2) is 18.3 Å². The summed E-state index contributed by atoms with van der Waals surface area (Å²) in [4.78, 5) is 6.93. The van der Waals surface area contributed by atoms with Gasteiger partial charge < -0.3 is 10.6 Å². The molecule has 3 nitrogen and oxygen atoms in total. The van der Waals surface area contributed by atoms with Crippen molar-refractivity contribution in [1.82, 2.24) is 4.98 Å². The number of rotatable bonds is 3. The largest absolute Gasteiger partial charge is 0.354 e. The Morgan fingerprint density at radius 1 is 1.47 bits per heavy atom. The second-order valence-electron chi connectivity index (χ2n) is 5.09. The summed E-state index contributed by atoms with van der Waals surface area (Å²) in [6.45, 7) is 7.45. The molecular weight excluding hydrogens is 230 g/mol. The van der Waals surface area contributed by atoms with Crippen molar-refractivity contribution in [2.45, 2.75) is 25.0 Å². The lowest BCUT2D eigenvalue weighted by Crippen LogP contribution is -2.43. The first kappa shape index (κ1) is 12.7. The van der Waals surface area contributed by atoms with E-state index in [9.17, 15) is 0 Å². The third-order valence-electron chi connectivity index (χ3n) is 2.99. The lowest BCUT2D eigenvalue weighted by atomic mass is 10.1. The van der Waals surface area contributed by atoms with E-state index in [1.807, 2.05) is 18.0 Å². The van der Waals surface area contributed by atoms with Gasteiger partial charge in [0, 0.05) is 29.8 Å². The van der Waals surface area contributed by atoms with E-state index >= 15 is 0 Å². The minimum absolute atomic E-state index is 0.329. The fourth-order valence-corrected chi connectivity index (χ4v) is 3.24. The van der Waals surface area contributed by atoms with Crippen LogP contribution in [0.1, 0.15) is 19.4 Å². The molecule has 0 atom stereocenters. The van der Waals surface area contributed by atoms with Gasteiger partial charge in [0.25, 0.3) is 0 Å². The number of aromatic nitrogens is 1. The molecule has 1 aromatic rings. The predicted octanol–water partition coefficient (Wildman–Crippen LogP) is 1.91. The van der Waals surface area contributed by atoms with Crippen molar-refractivity contribution < 1.29 is 0 Å². The first-order valence-corrected chi connectivity index (χ1v) is 7.13. The van der Waals surface area contributed by atoms with E-state index in [0.717, 1.165) is 25.3 Å². The Morgan fingerprint density at radius 2 is 2.29 bits per heavy atom. The van der Waals surface area contributed by atoms with E-state index in [-0.39, 0.29) is 0 Å². The highest BCUT2D eigenvalue weighted by Crippen LogP contribution is 2.31. The van der Waals surface area contributed by atoms with Crippen molar-refractivity contribution in [1.29, 1.82) is 0 Å². The normalized spacial score (nSPS) is 19.4. The maximum absolute atomic E-state index is 5.54. The van der Waals surface area contributed by atoms with Crippen molar-refractivity contribution in [3.63, 3.8) is 0 Å². The number of hydrogen-bond acceptors (Lipinski definition) is 4. The molecular formula is C13H21N3S. The summed E-state index contributed by atoms with van der Waals surface area (Å²) < 4.78 is 0.329. The van der Waals surface area contributed by atoms with Gasteiger partial charge in [-0.15, -0.1) is 0 Å². The maximum Gasteiger partial charge on any atom is 0.128 e. The lowest BCUT2D eigenvalue weighted by Gasteiger charge is -2.38. The molecule has 0 radical (unpaired) electrons. The number of thioether (sulfide) groups is 1. The minimum Gasteiger partial charge on any atom is -0.354 e. The van der Waals surface area contributed by atoms with Gasteiger partial charge in [-0.25, -0.2) is 4.98 Å². The monoisotopic (exact) mass is 251 g/mol.